The highest BCUT2D eigenvalue weighted by molar-refractivity contribution is 5.96. The molecule has 3 nitrogen and oxygen atoms in total. The molecule has 2 aromatic rings. The van der Waals surface area contributed by atoms with Crippen LogP contribution >= 0.6 is 0 Å². The molecule has 0 aliphatic heterocycles. The van der Waals surface area contributed by atoms with Crippen LogP contribution in [0.4, 0.5) is 0 Å². The SMILES string of the molecule is C=Cc1cc(-c2cccc(C(C)=O)c2)ccc1C(=O)O. The summed E-state index contributed by atoms with van der Waals surface area (Å²) in [5.41, 5.74) is 3.13. The minimum absolute atomic E-state index is 0.00190. The van der Waals surface area contributed by atoms with Crippen LogP contribution in [0.2, 0.25) is 0 Å². The fourth-order valence-corrected chi connectivity index (χ4v) is 2.02. The van der Waals surface area contributed by atoms with E-state index < -0.39 is 5.97 Å². The minimum Gasteiger partial charge on any atom is -0.478 e. The third-order valence-electron chi connectivity index (χ3n) is 3.10. The van der Waals surface area contributed by atoms with E-state index in [-0.39, 0.29) is 11.3 Å². The zero-order chi connectivity index (χ0) is 14.7. The number of hydrogen-bond acceptors (Lipinski definition) is 2. The lowest BCUT2D eigenvalue weighted by atomic mass is 9.97. The number of ketones is 1. The molecule has 2 aromatic carbocycles. The summed E-state index contributed by atoms with van der Waals surface area (Å²) in [7, 11) is 0. The molecule has 100 valence electrons. The van der Waals surface area contributed by atoms with Gasteiger partial charge in [-0.05, 0) is 41.8 Å². The first-order valence-electron chi connectivity index (χ1n) is 6.14. The van der Waals surface area contributed by atoms with Gasteiger partial charge in [-0.1, -0.05) is 36.9 Å². The fraction of sp³-hybridized carbons (Fsp3) is 0.0588. The van der Waals surface area contributed by atoms with Crippen molar-refractivity contribution in [2.45, 2.75) is 6.92 Å². The molecule has 0 aliphatic rings. The molecule has 0 fully saturated rings. The molecule has 0 bridgehead atoms. The highest BCUT2D eigenvalue weighted by Gasteiger charge is 2.10. The summed E-state index contributed by atoms with van der Waals surface area (Å²) in [5.74, 6) is -0.984. The average molecular weight is 266 g/mol. The predicted octanol–water partition coefficient (Wildman–Crippen LogP) is 3.90. The average Bonchev–Trinajstić information content (AvgIpc) is 2.46. The second kappa shape index (κ2) is 5.53. The summed E-state index contributed by atoms with van der Waals surface area (Å²) in [6.07, 6.45) is 1.52. The van der Waals surface area contributed by atoms with Gasteiger partial charge in [0.15, 0.2) is 5.78 Å². The molecule has 0 heterocycles. The number of benzene rings is 2. The van der Waals surface area contributed by atoms with Gasteiger partial charge in [-0.3, -0.25) is 4.79 Å². The van der Waals surface area contributed by atoms with Crippen molar-refractivity contribution < 1.29 is 14.7 Å². The Morgan fingerprint density at radius 3 is 2.40 bits per heavy atom. The monoisotopic (exact) mass is 266 g/mol. The Labute approximate surface area is 117 Å². The Balaban J connectivity index is 2.53. The number of carbonyl (C=O) groups is 2. The van der Waals surface area contributed by atoms with Crippen LogP contribution in [0.5, 0.6) is 0 Å². The van der Waals surface area contributed by atoms with Crippen LogP contribution in [0.25, 0.3) is 17.2 Å². The summed E-state index contributed by atoms with van der Waals surface area (Å²) < 4.78 is 0. The quantitative estimate of drug-likeness (QED) is 0.854. The summed E-state index contributed by atoms with van der Waals surface area (Å²) in [4.78, 5) is 22.5. The van der Waals surface area contributed by atoms with Crippen molar-refractivity contribution in [3.63, 3.8) is 0 Å². The van der Waals surface area contributed by atoms with E-state index in [1.54, 1.807) is 30.3 Å². The zero-order valence-corrected chi connectivity index (χ0v) is 11.1. The Morgan fingerprint density at radius 1 is 1.10 bits per heavy atom. The van der Waals surface area contributed by atoms with Gasteiger partial charge in [-0.15, -0.1) is 0 Å². The number of rotatable bonds is 4. The molecule has 1 N–H and O–H groups in total. The first-order chi connectivity index (χ1) is 9.52. The topological polar surface area (TPSA) is 54.4 Å². The van der Waals surface area contributed by atoms with E-state index >= 15 is 0 Å². The van der Waals surface area contributed by atoms with Gasteiger partial charge >= 0.3 is 5.97 Å². The van der Waals surface area contributed by atoms with Gasteiger partial charge in [-0.2, -0.15) is 0 Å². The van der Waals surface area contributed by atoms with Gasteiger partial charge in [0.1, 0.15) is 0 Å². The number of carboxylic acids is 1. The van der Waals surface area contributed by atoms with Crippen molar-refractivity contribution >= 4 is 17.8 Å². The zero-order valence-electron chi connectivity index (χ0n) is 11.1. The first-order valence-corrected chi connectivity index (χ1v) is 6.14. The Bertz CT molecular complexity index is 699. The molecule has 0 radical (unpaired) electrons. The van der Waals surface area contributed by atoms with Crippen LogP contribution in [0.1, 0.15) is 33.2 Å². The van der Waals surface area contributed by atoms with E-state index in [9.17, 15) is 9.59 Å². The summed E-state index contributed by atoms with van der Waals surface area (Å²) in [5, 5.41) is 9.08. The Kier molecular flexibility index (Phi) is 3.80. The van der Waals surface area contributed by atoms with Gasteiger partial charge in [0.05, 0.1) is 5.56 Å². The molecule has 0 atom stereocenters. The van der Waals surface area contributed by atoms with Crippen LogP contribution < -0.4 is 0 Å². The molecule has 3 heteroatoms. The van der Waals surface area contributed by atoms with Gasteiger partial charge in [0.2, 0.25) is 0 Å². The van der Waals surface area contributed by atoms with Gasteiger partial charge in [0.25, 0.3) is 0 Å². The van der Waals surface area contributed by atoms with Crippen LogP contribution in [0, 0.1) is 0 Å². The first kappa shape index (κ1) is 13.7. The maximum atomic E-state index is 11.4. The molecular formula is C17H14O3. The van der Waals surface area contributed by atoms with E-state index in [2.05, 4.69) is 6.58 Å². The summed E-state index contributed by atoms with van der Waals surface area (Å²) >= 11 is 0. The maximum Gasteiger partial charge on any atom is 0.336 e. The summed E-state index contributed by atoms with van der Waals surface area (Å²) in [6, 6.07) is 12.3. The van der Waals surface area contributed by atoms with Crippen LogP contribution in [0.15, 0.2) is 49.0 Å². The molecule has 0 amide bonds. The van der Waals surface area contributed by atoms with Crippen LogP contribution in [-0.2, 0) is 0 Å². The maximum absolute atomic E-state index is 11.4. The number of carboxylic acid groups (broad SMARTS) is 1. The van der Waals surface area contributed by atoms with E-state index in [0.717, 1.165) is 11.1 Å². The lowest BCUT2D eigenvalue weighted by Gasteiger charge is -2.07. The second-order valence-corrected chi connectivity index (χ2v) is 4.45. The number of carbonyl (C=O) groups excluding carboxylic acids is 1. The van der Waals surface area contributed by atoms with Gasteiger partial charge in [-0.25, -0.2) is 4.79 Å². The van der Waals surface area contributed by atoms with Crippen molar-refractivity contribution in [1.82, 2.24) is 0 Å². The van der Waals surface area contributed by atoms with Crippen molar-refractivity contribution in [3.05, 3.63) is 65.7 Å². The highest BCUT2D eigenvalue weighted by Crippen LogP contribution is 2.24. The second-order valence-electron chi connectivity index (χ2n) is 4.45. The third kappa shape index (κ3) is 2.67. The van der Waals surface area contributed by atoms with E-state index in [1.165, 1.54) is 13.0 Å². The Hall–Kier alpha value is -2.68. The molecule has 0 saturated heterocycles. The van der Waals surface area contributed by atoms with E-state index in [0.29, 0.717) is 11.1 Å². The van der Waals surface area contributed by atoms with Gasteiger partial charge < -0.3 is 5.11 Å². The molecule has 0 aromatic heterocycles. The van der Waals surface area contributed by atoms with Crippen molar-refractivity contribution in [2.24, 2.45) is 0 Å². The standard InChI is InChI=1S/C17H14O3/c1-3-12-9-15(7-8-16(12)17(19)20)14-6-4-5-13(10-14)11(2)18/h3-10H,1H2,2H3,(H,19,20). The third-order valence-corrected chi connectivity index (χ3v) is 3.10. The Morgan fingerprint density at radius 2 is 1.80 bits per heavy atom. The largest absolute Gasteiger partial charge is 0.478 e. The molecule has 0 spiro atoms. The summed E-state index contributed by atoms with van der Waals surface area (Å²) in [6.45, 7) is 5.15. The number of hydrogen-bond donors (Lipinski definition) is 1. The smallest absolute Gasteiger partial charge is 0.336 e. The fourth-order valence-electron chi connectivity index (χ4n) is 2.02. The van der Waals surface area contributed by atoms with E-state index in [4.69, 9.17) is 5.11 Å². The van der Waals surface area contributed by atoms with Crippen molar-refractivity contribution in [2.75, 3.05) is 0 Å². The molecule has 20 heavy (non-hydrogen) atoms. The number of aromatic carboxylic acids is 1. The normalized spacial score (nSPS) is 10.1. The molecule has 0 saturated carbocycles. The lowest BCUT2D eigenvalue weighted by Crippen LogP contribution is -1.99. The highest BCUT2D eigenvalue weighted by atomic mass is 16.4. The molecule has 0 unspecified atom stereocenters. The molecule has 0 aliphatic carbocycles. The minimum atomic E-state index is -0.982. The molecule has 2 rings (SSSR count). The predicted molar refractivity (Wildman–Crippen MR) is 78.9 cm³/mol. The van der Waals surface area contributed by atoms with Crippen LogP contribution in [0.3, 0.4) is 0 Å². The molecular weight excluding hydrogens is 252 g/mol. The van der Waals surface area contributed by atoms with E-state index in [1.807, 2.05) is 12.1 Å². The van der Waals surface area contributed by atoms with Crippen molar-refractivity contribution in [3.8, 4) is 11.1 Å². The van der Waals surface area contributed by atoms with Crippen LogP contribution in [-0.4, -0.2) is 16.9 Å². The lowest BCUT2D eigenvalue weighted by molar-refractivity contribution is 0.0696. The van der Waals surface area contributed by atoms with Crippen molar-refractivity contribution in [1.29, 1.82) is 0 Å². The number of Topliss-reactive ketones (excluding diaryl/α,β-unsaturated/α-hetero) is 1. The van der Waals surface area contributed by atoms with Gasteiger partial charge in [0, 0.05) is 5.56 Å².